The highest BCUT2D eigenvalue weighted by molar-refractivity contribution is 6.34. The number of hydrogen-bond donors (Lipinski definition) is 7. The summed E-state index contributed by atoms with van der Waals surface area (Å²) in [5.74, 6) is 0. The third kappa shape index (κ3) is 6.59. The van der Waals surface area contributed by atoms with Crippen molar-refractivity contribution in [1.29, 1.82) is 0 Å². The minimum atomic E-state index is -1.87. The van der Waals surface area contributed by atoms with Crippen LogP contribution in [-0.4, -0.2) is 93.8 Å². The fourth-order valence-corrected chi connectivity index (χ4v) is 0.975. The standard InChI is InChI=1S/C8H19BO9/c10-1-5(13)7(15)4-17-9(16)18-8(3-12)6(14)2-11/h5-8,10-16H,1-4H2. The van der Waals surface area contributed by atoms with Crippen molar-refractivity contribution < 1.29 is 45.0 Å². The summed E-state index contributed by atoms with van der Waals surface area (Å²) in [6.45, 7) is -2.55. The van der Waals surface area contributed by atoms with Crippen LogP contribution in [0.25, 0.3) is 0 Å². The van der Waals surface area contributed by atoms with E-state index in [1.54, 1.807) is 0 Å². The highest BCUT2D eigenvalue weighted by atomic mass is 16.7. The van der Waals surface area contributed by atoms with Gasteiger partial charge in [0.05, 0.1) is 32.5 Å². The van der Waals surface area contributed by atoms with Crippen molar-refractivity contribution in [3.63, 3.8) is 0 Å². The molecule has 0 aliphatic rings. The Kier molecular flexibility index (Phi) is 9.45. The van der Waals surface area contributed by atoms with E-state index in [4.69, 9.17) is 25.5 Å². The van der Waals surface area contributed by atoms with Gasteiger partial charge >= 0.3 is 7.32 Å². The minimum absolute atomic E-state index is 0.531. The Labute approximate surface area is 104 Å². The normalized spacial score (nSPS) is 18.2. The lowest BCUT2D eigenvalue weighted by Crippen LogP contribution is -2.42. The van der Waals surface area contributed by atoms with Gasteiger partial charge in [0.25, 0.3) is 0 Å². The Balaban J connectivity index is 3.98. The first-order chi connectivity index (χ1) is 8.46. The van der Waals surface area contributed by atoms with Crippen LogP contribution < -0.4 is 0 Å². The van der Waals surface area contributed by atoms with E-state index in [2.05, 4.69) is 9.31 Å². The Morgan fingerprint density at radius 2 is 1.39 bits per heavy atom. The van der Waals surface area contributed by atoms with Crippen LogP contribution in [0.1, 0.15) is 0 Å². The molecule has 0 radical (unpaired) electrons. The molecule has 18 heavy (non-hydrogen) atoms. The molecule has 0 aliphatic carbocycles. The third-order valence-electron chi connectivity index (χ3n) is 2.13. The molecule has 0 rings (SSSR count). The van der Waals surface area contributed by atoms with Gasteiger partial charge in [0.15, 0.2) is 0 Å². The molecule has 0 aromatic heterocycles. The van der Waals surface area contributed by atoms with Crippen LogP contribution in [0.15, 0.2) is 0 Å². The van der Waals surface area contributed by atoms with E-state index in [1.807, 2.05) is 0 Å². The second-order valence-electron chi connectivity index (χ2n) is 3.56. The molecule has 0 aromatic carbocycles. The summed E-state index contributed by atoms with van der Waals surface area (Å²) in [4.78, 5) is 0. The van der Waals surface area contributed by atoms with Crippen LogP contribution in [-0.2, 0) is 9.31 Å². The highest BCUT2D eigenvalue weighted by Gasteiger charge is 2.28. The Morgan fingerprint density at radius 1 is 0.833 bits per heavy atom. The van der Waals surface area contributed by atoms with Gasteiger partial charge in [0.1, 0.15) is 18.3 Å². The predicted molar refractivity (Wildman–Crippen MR) is 58.1 cm³/mol. The number of aliphatic hydroxyl groups is 6. The van der Waals surface area contributed by atoms with Gasteiger partial charge in [-0.1, -0.05) is 0 Å². The molecule has 0 heterocycles. The first kappa shape index (κ1) is 17.7. The first-order valence-electron chi connectivity index (χ1n) is 5.28. The summed E-state index contributed by atoms with van der Waals surface area (Å²) < 4.78 is 9.20. The van der Waals surface area contributed by atoms with Gasteiger partial charge in [0.2, 0.25) is 0 Å². The summed E-state index contributed by atoms with van der Waals surface area (Å²) in [7, 11) is -1.87. The van der Waals surface area contributed by atoms with Gasteiger partial charge in [-0.2, -0.15) is 0 Å². The van der Waals surface area contributed by atoms with E-state index >= 15 is 0 Å². The molecular weight excluding hydrogens is 251 g/mol. The van der Waals surface area contributed by atoms with Gasteiger partial charge in [-0.05, 0) is 0 Å². The third-order valence-corrected chi connectivity index (χ3v) is 2.13. The molecule has 0 aliphatic heterocycles. The molecule has 0 saturated heterocycles. The lowest BCUT2D eigenvalue weighted by atomic mass is 10.1. The fraction of sp³-hybridized carbons (Fsp3) is 1.00. The lowest BCUT2D eigenvalue weighted by Gasteiger charge is -2.22. The Morgan fingerprint density at radius 3 is 1.83 bits per heavy atom. The summed E-state index contributed by atoms with van der Waals surface area (Å²) in [6, 6.07) is 0. The van der Waals surface area contributed by atoms with Gasteiger partial charge < -0.3 is 45.0 Å². The van der Waals surface area contributed by atoms with E-state index in [0.29, 0.717) is 0 Å². The summed E-state index contributed by atoms with van der Waals surface area (Å²) in [6.07, 6.45) is -5.51. The van der Waals surface area contributed by atoms with Crippen LogP contribution in [0.2, 0.25) is 0 Å². The molecular formula is C8H19BO9. The molecule has 7 N–H and O–H groups in total. The molecule has 0 bridgehead atoms. The van der Waals surface area contributed by atoms with Crippen molar-refractivity contribution in [3.05, 3.63) is 0 Å². The molecule has 0 fully saturated rings. The van der Waals surface area contributed by atoms with E-state index < -0.39 is 58.2 Å². The van der Waals surface area contributed by atoms with Crippen molar-refractivity contribution in [2.45, 2.75) is 24.4 Å². The van der Waals surface area contributed by atoms with Crippen molar-refractivity contribution in [2.75, 3.05) is 26.4 Å². The zero-order valence-electron chi connectivity index (χ0n) is 9.66. The molecule has 0 spiro atoms. The number of aliphatic hydroxyl groups excluding tert-OH is 6. The van der Waals surface area contributed by atoms with E-state index in [9.17, 15) is 10.1 Å². The molecule has 4 unspecified atom stereocenters. The van der Waals surface area contributed by atoms with Crippen molar-refractivity contribution in [3.8, 4) is 0 Å². The molecule has 108 valence electrons. The largest absolute Gasteiger partial charge is 0.637 e. The van der Waals surface area contributed by atoms with Crippen LogP contribution >= 0.6 is 0 Å². The molecule has 0 amide bonds. The number of hydrogen-bond acceptors (Lipinski definition) is 9. The maximum Gasteiger partial charge on any atom is 0.637 e. The average Bonchev–Trinajstić information content (AvgIpc) is 2.39. The Hall–Kier alpha value is -0.295. The molecule has 10 heteroatoms. The second kappa shape index (κ2) is 9.61. The van der Waals surface area contributed by atoms with Crippen LogP contribution in [0, 0.1) is 0 Å². The monoisotopic (exact) mass is 270 g/mol. The van der Waals surface area contributed by atoms with Crippen LogP contribution in [0.5, 0.6) is 0 Å². The minimum Gasteiger partial charge on any atom is -0.402 e. The van der Waals surface area contributed by atoms with Gasteiger partial charge in [0, 0.05) is 0 Å². The SMILES string of the molecule is OCC(O)C(O)COB(O)OC(CO)C(O)CO. The number of rotatable bonds is 10. The summed E-state index contributed by atoms with van der Waals surface area (Å²) >= 11 is 0. The average molecular weight is 270 g/mol. The smallest absolute Gasteiger partial charge is 0.402 e. The molecule has 0 saturated carbocycles. The van der Waals surface area contributed by atoms with Gasteiger partial charge in [-0.25, -0.2) is 0 Å². The van der Waals surface area contributed by atoms with Crippen molar-refractivity contribution in [1.82, 2.24) is 0 Å². The highest BCUT2D eigenvalue weighted by Crippen LogP contribution is 2.02. The zero-order chi connectivity index (χ0) is 14.1. The van der Waals surface area contributed by atoms with Crippen LogP contribution in [0.4, 0.5) is 0 Å². The van der Waals surface area contributed by atoms with Crippen LogP contribution in [0.3, 0.4) is 0 Å². The van der Waals surface area contributed by atoms with Crippen molar-refractivity contribution >= 4 is 7.32 Å². The predicted octanol–water partition coefficient (Wildman–Crippen LogP) is -4.57. The van der Waals surface area contributed by atoms with E-state index in [1.165, 1.54) is 0 Å². The first-order valence-corrected chi connectivity index (χ1v) is 5.28. The Bertz CT molecular complexity index is 207. The summed E-state index contributed by atoms with van der Waals surface area (Å²) in [5.41, 5.74) is 0. The maximum absolute atomic E-state index is 9.19. The second-order valence-corrected chi connectivity index (χ2v) is 3.56. The zero-order valence-corrected chi connectivity index (χ0v) is 9.66. The molecule has 9 nitrogen and oxygen atoms in total. The van der Waals surface area contributed by atoms with E-state index in [0.717, 1.165) is 0 Å². The maximum atomic E-state index is 9.19. The summed E-state index contributed by atoms with van der Waals surface area (Å²) in [5, 5.41) is 62.4. The van der Waals surface area contributed by atoms with E-state index in [-0.39, 0.29) is 0 Å². The van der Waals surface area contributed by atoms with Crippen molar-refractivity contribution in [2.24, 2.45) is 0 Å². The fourth-order valence-electron chi connectivity index (χ4n) is 0.975. The lowest BCUT2D eigenvalue weighted by molar-refractivity contribution is -0.0668. The van der Waals surface area contributed by atoms with Gasteiger partial charge in [-0.15, -0.1) is 0 Å². The van der Waals surface area contributed by atoms with Gasteiger partial charge in [-0.3, -0.25) is 0 Å². The topological polar surface area (TPSA) is 160 Å². The molecule has 4 atom stereocenters. The quantitative estimate of drug-likeness (QED) is 0.194. The molecule has 0 aromatic rings.